The van der Waals surface area contributed by atoms with Crippen molar-refractivity contribution < 1.29 is 33.9 Å². The lowest BCUT2D eigenvalue weighted by Crippen LogP contribution is -2.79. The van der Waals surface area contributed by atoms with E-state index in [1.165, 1.54) is 12.5 Å². The fourth-order valence-corrected chi connectivity index (χ4v) is 5.81. The quantitative estimate of drug-likeness (QED) is 0.0980. The highest BCUT2D eigenvalue weighted by Crippen LogP contribution is 2.46. The number of carboxylic acid groups (broad SMARTS) is 1. The van der Waals surface area contributed by atoms with Gasteiger partial charge >= 0.3 is 5.97 Å². The number of aliphatic carboxylic acids is 1. The molecular formula is C24H36N8O7. The highest BCUT2D eigenvalue weighted by molar-refractivity contribution is 6.26. The summed E-state index contributed by atoms with van der Waals surface area (Å²) in [5.74, 6) is -8.69. The smallest absolute Gasteiger partial charge is 0.333 e. The van der Waals surface area contributed by atoms with E-state index in [0.717, 1.165) is 0 Å². The molecule has 0 aromatic carbocycles. The number of nitrogens with two attached hydrogens (primary N) is 4. The van der Waals surface area contributed by atoms with Crippen LogP contribution in [0.1, 0.15) is 37.8 Å². The maximum atomic E-state index is 14.5. The summed E-state index contributed by atoms with van der Waals surface area (Å²) in [5.41, 5.74) is 18.2. The van der Waals surface area contributed by atoms with Crippen molar-refractivity contribution in [3.8, 4) is 0 Å². The fraction of sp³-hybridized carbons (Fsp3) is 0.625. The van der Waals surface area contributed by atoms with Crippen molar-refractivity contribution in [3.63, 3.8) is 0 Å². The maximum Gasteiger partial charge on any atom is 0.333 e. The summed E-state index contributed by atoms with van der Waals surface area (Å²) in [6, 6.07) is -3.84. The molecule has 12 N–H and O–H groups in total. The summed E-state index contributed by atoms with van der Waals surface area (Å²) in [6.07, 6.45) is 2.82. The average Bonchev–Trinajstić information content (AvgIpc) is 3.70. The van der Waals surface area contributed by atoms with Crippen LogP contribution in [-0.2, 0) is 35.2 Å². The second-order valence-electron chi connectivity index (χ2n) is 10.0. The van der Waals surface area contributed by atoms with Gasteiger partial charge in [0, 0.05) is 30.7 Å². The second kappa shape index (κ2) is 12.2. The van der Waals surface area contributed by atoms with Crippen molar-refractivity contribution in [3.05, 3.63) is 18.2 Å². The van der Waals surface area contributed by atoms with Crippen LogP contribution < -0.4 is 33.6 Å². The number of hydrogen-bond acceptors (Lipinski definition) is 12. The molecule has 0 radical (unpaired) electrons. The van der Waals surface area contributed by atoms with E-state index in [1.807, 2.05) is 0 Å². The SMILES string of the molecule is NCCC(C(=O)C1CCC(=O)N1)C(C(=O)C(N)Cc1cnc[nH]1)(C(=O)C1CCCN1)C(N)(C(=O)O)C(=O)CN. The number of nitrogens with one attached hydrogen (secondary N) is 3. The molecule has 0 bridgehead atoms. The fourth-order valence-electron chi connectivity index (χ4n) is 5.81. The molecule has 1 aromatic heterocycles. The highest BCUT2D eigenvalue weighted by Gasteiger charge is 2.72. The van der Waals surface area contributed by atoms with Gasteiger partial charge in [0.15, 0.2) is 28.7 Å². The van der Waals surface area contributed by atoms with E-state index >= 15 is 0 Å². The zero-order valence-electron chi connectivity index (χ0n) is 21.5. The molecule has 1 aromatic rings. The number of Topliss-reactive ketones (excluding diaryl/α,β-unsaturated/α-hetero) is 4. The molecule has 214 valence electrons. The zero-order valence-corrected chi connectivity index (χ0v) is 21.5. The van der Waals surface area contributed by atoms with E-state index in [1.54, 1.807) is 0 Å². The van der Waals surface area contributed by atoms with Crippen LogP contribution in [0.2, 0.25) is 0 Å². The first-order valence-corrected chi connectivity index (χ1v) is 12.8. The Morgan fingerprint density at radius 2 is 1.87 bits per heavy atom. The van der Waals surface area contributed by atoms with Crippen molar-refractivity contribution in [1.29, 1.82) is 0 Å². The molecule has 39 heavy (non-hydrogen) atoms. The van der Waals surface area contributed by atoms with Crippen LogP contribution in [0.5, 0.6) is 0 Å². The lowest BCUT2D eigenvalue weighted by Gasteiger charge is -2.48. The molecule has 0 saturated carbocycles. The molecule has 3 heterocycles. The molecular weight excluding hydrogens is 512 g/mol. The van der Waals surface area contributed by atoms with Crippen molar-refractivity contribution in [1.82, 2.24) is 20.6 Å². The van der Waals surface area contributed by atoms with Gasteiger partial charge in [-0.3, -0.25) is 24.0 Å². The molecule has 2 saturated heterocycles. The molecule has 2 aliphatic rings. The molecule has 6 atom stereocenters. The predicted molar refractivity (Wildman–Crippen MR) is 136 cm³/mol. The predicted octanol–water partition coefficient (Wildman–Crippen LogP) is -3.72. The zero-order chi connectivity index (χ0) is 29.0. The van der Waals surface area contributed by atoms with Crippen LogP contribution in [0, 0.1) is 11.3 Å². The first-order chi connectivity index (χ1) is 18.5. The Kier molecular flexibility index (Phi) is 9.45. The Bertz CT molecular complexity index is 1120. The number of carboxylic acids is 1. The van der Waals surface area contributed by atoms with E-state index in [-0.39, 0.29) is 32.2 Å². The van der Waals surface area contributed by atoms with Gasteiger partial charge in [-0.15, -0.1) is 0 Å². The maximum absolute atomic E-state index is 14.5. The molecule has 0 aliphatic carbocycles. The summed E-state index contributed by atoms with van der Waals surface area (Å²) < 4.78 is 0. The number of aromatic amines is 1. The summed E-state index contributed by atoms with van der Waals surface area (Å²) in [4.78, 5) is 88.0. The summed E-state index contributed by atoms with van der Waals surface area (Å²) in [7, 11) is 0. The van der Waals surface area contributed by atoms with Crippen LogP contribution in [0.15, 0.2) is 12.5 Å². The number of H-pyrrole nitrogens is 1. The number of amides is 1. The average molecular weight is 549 g/mol. The number of nitrogens with zero attached hydrogens (tertiary/aromatic N) is 1. The topological polar surface area (TPSA) is 279 Å². The van der Waals surface area contributed by atoms with Gasteiger partial charge in [-0.1, -0.05) is 0 Å². The summed E-state index contributed by atoms with van der Waals surface area (Å²) in [5, 5.41) is 15.9. The van der Waals surface area contributed by atoms with Crippen molar-refractivity contribution in [2.24, 2.45) is 34.3 Å². The minimum absolute atomic E-state index is 0.00140. The third-order valence-corrected chi connectivity index (χ3v) is 7.73. The van der Waals surface area contributed by atoms with E-state index in [9.17, 15) is 33.9 Å². The minimum atomic E-state index is -3.27. The van der Waals surface area contributed by atoms with Gasteiger partial charge in [-0.2, -0.15) is 0 Å². The number of hydrogen-bond donors (Lipinski definition) is 8. The van der Waals surface area contributed by atoms with E-state index in [2.05, 4.69) is 20.6 Å². The molecule has 0 spiro atoms. The Hall–Kier alpha value is -3.37. The standard InChI is InChI=1S/C24H36N8O7/c25-6-5-13(19(35)15-3-4-18(34)32-15)23(21(37)16-2-1-7-30-16,24(28,22(38)39)17(33)9-26)20(36)14(27)8-12-10-29-11-31-12/h10-11,13-16,30H,1-9,25-28H2,(H,29,31)(H,32,34)(H,38,39). The van der Waals surface area contributed by atoms with Gasteiger partial charge in [-0.05, 0) is 38.8 Å². The molecule has 1 amide bonds. The number of rotatable bonds is 15. The lowest BCUT2D eigenvalue weighted by molar-refractivity contribution is -0.172. The van der Waals surface area contributed by atoms with Crippen LogP contribution in [0.4, 0.5) is 0 Å². The van der Waals surface area contributed by atoms with Gasteiger partial charge in [0.05, 0.1) is 31.0 Å². The molecule has 2 fully saturated rings. The van der Waals surface area contributed by atoms with Gasteiger partial charge in [0.1, 0.15) is 5.41 Å². The molecule has 15 heteroatoms. The normalized spacial score (nSPS) is 23.7. The van der Waals surface area contributed by atoms with Crippen LogP contribution in [0.25, 0.3) is 0 Å². The highest BCUT2D eigenvalue weighted by atomic mass is 16.4. The largest absolute Gasteiger partial charge is 0.479 e. The number of carbonyl (C=O) groups is 6. The monoisotopic (exact) mass is 548 g/mol. The minimum Gasteiger partial charge on any atom is -0.479 e. The second-order valence-corrected chi connectivity index (χ2v) is 10.0. The molecule has 6 unspecified atom stereocenters. The van der Waals surface area contributed by atoms with Gasteiger partial charge < -0.3 is 43.7 Å². The molecule has 15 nitrogen and oxygen atoms in total. The first kappa shape index (κ1) is 30.2. The van der Waals surface area contributed by atoms with E-state index < -0.39 is 83.0 Å². The number of aromatic nitrogens is 2. The molecule has 3 rings (SSSR count). The van der Waals surface area contributed by atoms with Crippen molar-refractivity contribution in [2.45, 2.75) is 62.2 Å². The third kappa shape index (κ3) is 5.27. The van der Waals surface area contributed by atoms with Gasteiger partial charge in [0.25, 0.3) is 0 Å². The lowest BCUT2D eigenvalue weighted by atomic mass is 9.51. The summed E-state index contributed by atoms with van der Waals surface area (Å²) in [6.45, 7) is -0.854. The summed E-state index contributed by atoms with van der Waals surface area (Å²) >= 11 is 0. The van der Waals surface area contributed by atoms with Gasteiger partial charge in [0.2, 0.25) is 5.91 Å². The van der Waals surface area contributed by atoms with Crippen molar-refractivity contribution >= 4 is 35.0 Å². The Labute approximate surface area is 224 Å². The Morgan fingerprint density at radius 1 is 1.15 bits per heavy atom. The van der Waals surface area contributed by atoms with Crippen LogP contribution >= 0.6 is 0 Å². The van der Waals surface area contributed by atoms with E-state index in [4.69, 9.17) is 22.9 Å². The van der Waals surface area contributed by atoms with Gasteiger partial charge in [-0.25, -0.2) is 9.78 Å². The Morgan fingerprint density at radius 3 is 2.36 bits per heavy atom. The number of ketones is 4. The van der Waals surface area contributed by atoms with Crippen molar-refractivity contribution in [2.75, 3.05) is 19.6 Å². The third-order valence-electron chi connectivity index (χ3n) is 7.73. The number of imidazole rings is 1. The first-order valence-electron chi connectivity index (χ1n) is 12.8. The Balaban J connectivity index is 2.35. The number of carbonyl (C=O) groups excluding carboxylic acids is 5. The van der Waals surface area contributed by atoms with E-state index in [0.29, 0.717) is 18.7 Å². The molecule has 2 aliphatic heterocycles. The van der Waals surface area contributed by atoms with Crippen LogP contribution in [-0.4, -0.2) is 93.4 Å². The van der Waals surface area contributed by atoms with Crippen LogP contribution in [0.3, 0.4) is 0 Å².